The van der Waals surface area contributed by atoms with E-state index in [-0.39, 0.29) is 22.4 Å². The Bertz CT molecular complexity index is 1410. The van der Waals surface area contributed by atoms with Crippen molar-refractivity contribution in [1.82, 2.24) is 0 Å². The fourth-order valence-electron chi connectivity index (χ4n) is 4.37. The van der Waals surface area contributed by atoms with Gasteiger partial charge >= 0.3 is 0 Å². The lowest BCUT2D eigenvalue weighted by Gasteiger charge is -2.19. The smallest absolute Gasteiger partial charge is 0.193 e. The van der Waals surface area contributed by atoms with Crippen LogP contribution in [0.4, 0.5) is 0 Å². The van der Waals surface area contributed by atoms with Gasteiger partial charge < -0.3 is 4.74 Å². The van der Waals surface area contributed by atoms with Crippen molar-refractivity contribution in [2.45, 2.75) is 53.4 Å². The van der Waals surface area contributed by atoms with Crippen LogP contribution in [0.5, 0.6) is 11.5 Å². The molecule has 0 aliphatic heterocycles. The average molecular weight is 505 g/mol. The zero-order valence-electron chi connectivity index (χ0n) is 23.2. The van der Waals surface area contributed by atoms with Gasteiger partial charge in [-0.15, -0.1) is 0 Å². The van der Waals surface area contributed by atoms with Gasteiger partial charge in [0.05, 0.1) is 0 Å². The molecule has 0 fully saturated rings. The van der Waals surface area contributed by atoms with E-state index < -0.39 is 0 Å². The Labute approximate surface area is 226 Å². The topological polar surface area (TPSA) is 43.4 Å². The molecule has 0 atom stereocenters. The van der Waals surface area contributed by atoms with E-state index in [2.05, 4.69) is 53.7 Å². The second-order valence-electron chi connectivity index (χ2n) is 12.1. The minimum Gasteiger partial charge on any atom is -0.457 e. The molecule has 0 aliphatic rings. The Hall–Kier alpha value is -3.98. The SMILES string of the molecule is CC(C)(C)Cc1cccc(Oc2ccc(C(=O)c3ccc(C(=O)c4ccc(C(C)(C)C)cc4)cc3)cc2)c1. The highest BCUT2D eigenvalue weighted by molar-refractivity contribution is 6.11. The third-order valence-electron chi connectivity index (χ3n) is 6.41. The number of ketones is 2. The Morgan fingerprint density at radius 3 is 1.47 bits per heavy atom. The summed E-state index contributed by atoms with van der Waals surface area (Å²) in [5.41, 5.74) is 4.93. The molecule has 0 unspecified atom stereocenters. The van der Waals surface area contributed by atoms with Crippen molar-refractivity contribution in [2.24, 2.45) is 5.41 Å². The summed E-state index contributed by atoms with van der Waals surface area (Å²) in [6, 6.07) is 29.9. The summed E-state index contributed by atoms with van der Waals surface area (Å²) in [6.45, 7) is 13.1. The normalized spacial score (nSPS) is 11.7. The standard InChI is InChI=1S/C35H36O3/c1-34(2,3)23-24-8-7-9-31(22-24)38-30-20-16-28(17-21-30)33(37)26-12-10-25(11-13-26)32(36)27-14-18-29(19-15-27)35(4,5)6/h7-22H,23H2,1-6H3. The van der Waals surface area contributed by atoms with Crippen LogP contribution in [0.25, 0.3) is 0 Å². The molecule has 0 heterocycles. The zero-order chi connectivity index (χ0) is 27.5. The highest BCUT2D eigenvalue weighted by Crippen LogP contribution is 2.27. The summed E-state index contributed by atoms with van der Waals surface area (Å²) >= 11 is 0. The maximum Gasteiger partial charge on any atom is 0.193 e. The Morgan fingerprint density at radius 2 is 1.03 bits per heavy atom. The lowest BCUT2D eigenvalue weighted by Crippen LogP contribution is -2.11. The molecule has 3 nitrogen and oxygen atoms in total. The van der Waals surface area contributed by atoms with E-state index in [1.54, 1.807) is 36.4 Å². The van der Waals surface area contributed by atoms with Gasteiger partial charge in [-0.3, -0.25) is 9.59 Å². The predicted octanol–water partition coefficient (Wildman–Crippen LogP) is 8.83. The van der Waals surface area contributed by atoms with Gasteiger partial charge in [-0.1, -0.05) is 102 Å². The molecule has 194 valence electrons. The molecule has 0 aromatic heterocycles. The largest absolute Gasteiger partial charge is 0.457 e. The van der Waals surface area contributed by atoms with E-state index >= 15 is 0 Å². The van der Waals surface area contributed by atoms with Crippen molar-refractivity contribution in [3.05, 3.63) is 130 Å². The van der Waals surface area contributed by atoms with Gasteiger partial charge in [-0.2, -0.15) is 0 Å². The van der Waals surface area contributed by atoms with Crippen molar-refractivity contribution in [1.29, 1.82) is 0 Å². The van der Waals surface area contributed by atoms with Crippen molar-refractivity contribution in [2.75, 3.05) is 0 Å². The Balaban J connectivity index is 1.42. The molecule has 0 bridgehead atoms. The van der Waals surface area contributed by atoms with E-state index in [4.69, 9.17) is 4.74 Å². The molecule has 38 heavy (non-hydrogen) atoms. The second-order valence-corrected chi connectivity index (χ2v) is 12.1. The number of carbonyl (C=O) groups is 2. The van der Waals surface area contributed by atoms with E-state index in [0.717, 1.165) is 12.2 Å². The summed E-state index contributed by atoms with van der Waals surface area (Å²) in [4.78, 5) is 26.0. The highest BCUT2D eigenvalue weighted by atomic mass is 16.5. The van der Waals surface area contributed by atoms with Crippen LogP contribution in [0, 0.1) is 5.41 Å². The summed E-state index contributed by atoms with van der Waals surface area (Å²) in [5, 5.41) is 0. The third kappa shape index (κ3) is 6.86. The van der Waals surface area contributed by atoms with Crippen LogP contribution in [-0.4, -0.2) is 11.6 Å². The van der Waals surface area contributed by atoms with Crippen LogP contribution < -0.4 is 4.74 Å². The monoisotopic (exact) mass is 504 g/mol. The van der Waals surface area contributed by atoms with Gasteiger partial charge in [-0.05, 0) is 64.8 Å². The maximum atomic E-state index is 13.1. The van der Waals surface area contributed by atoms with Crippen LogP contribution >= 0.6 is 0 Å². The van der Waals surface area contributed by atoms with Gasteiger partial charge in [0.25, 0.3) is 0 Å². The lowest BCUT2D eigenvalue weighted by atomic mass is 9.86. The highest BCUT2D eigenvalue weighted by Gasteiger charge is 2.16. The first kappa shape index (κ1) is 27.1. The quantitative estimate of drug-likeness (QED) is 0.236. The summed E-state index contributed by atoms with van der Waals surface area (Å²) in [5.74, 6) is 1.29. The minimum absolute atomic E-state index is 0.0328. The summed E-state index contributed by atoms with van der Waals surface area (Å²) in [7, 11) is 0. The zero-order valence-corrected chi connectivity index (χ0v) is 23.2. The first-order chi connectivity index (χ1) is 17.9. The first-order valence-electron chi connectivity index (χ1n) is 13.1. The number of hydrogen-bond donors (Lipinski definition) is 0. The van der Waals surface area contributed by atoms with Crippen molar-refractivity contribution in [3.8, 4) is 11.5 Å². The van der Waals surface area contributed by atoms with Gasteiger partial charge in [0.2, 0.25) is 0 Å². The fraction of sp³-hybridized carbons (Fsp3) is 0.257. The predicted molar refractivity (Wildman–Crippen MR) is 155 cm³/mol. The molecule has 0 amide bonds. The van der Waals surface area contributed by atoms with Crippen molar-refractivity contribution < 1.29 is 14.3 Å². The molecular formula is C35H36O3. The lowest BCUT2D eigenvalue weighted by molar-refractivity contribution is 0.102. The summed E-state index contributed by atoms with van der Waals surface area (Å²) < 4.78 is 6.04. The molecule has 4 aromatic carbocycles. The van der Waals surface area contributed by atoms with Gasteiger partial charge in [0.1, 0.15) is 11.5 Å². The molecule has 0 N–H and O–H groups in total. The van der Waals surface area contributed by atoms with Gasteiger partial charge in [-0.25, -0.2) is 0 Å². The van der Waals surface area contributed by atoms with E-state index in [1.807, 2.05) is 48.5 Å². The van der Waals surface area contributed by atoms with Crippen LogP contribution in [0.3, 0.4) is 0 Å². The van der Waals surface area contributed by atoms with Gasteiger partial charge in [0, 0.05) is 22.3 Å². The van der Waals surface area contributed by atoms with E-state index in [0.29, 0.717) is 28.0 Å². The molecule has 0 radical (unpaired) electrons. The van der Waals surface area contributed by atoms with E-state index in [1.165, 1.54) is 11.1 Å². The fourth-order valence-corrected chi connectivity index (χ4v) is 4.37. The van der Waals surface area contributed by atoms with E-state index in [9.17, 15) is 9.59 Å². The van der Waals surface area contributed by atoms with Crippen LogP contribution in [0.15, 0.2) is 97.1 Å². The first-order valence-corrected chi connectivity index (χ1v) is 13.1. The van der Waals surface area contributed by atoms with Crippen molar-refractivity contribution in [3.63, 3.8) is 0 Å². The number of rotatable bonds is 7. The molecule has 3 heteroatoms. The van der Waals surface area contributed by atoms with Crippen LogP contribution in [0.2, 0.25) is 0 Å². The summed E-state index contributed by atoms with van der Waals surface area (Å²) in [6.07, 6.45) is 0.964. The maximum absolute atomic E-state index is 13.1. The number of carbonyl (C=O) groups excluding carboxylic acids is 2. The average Bonchev–Trinajstić information content (AvgIpc) is 2.87. The molecule has 4 rings (SSSR count). The molecule has 0 saturated heterocycles. The van der Waals surface area contributed by atoms with Crippen LogP contribution in [-0.2, 0) is 11.8 Å². The third-order valence-corrected chi connectivity index (χ3v) is 6.41. The minimum atomic E-state index is -0.0998. The molecule has 0 saturated carbocycles. The molecular weight excluding hydrogens is 468 g/mol. The number of hydrogen-bond acceptors (Lipinski definition) is 3. The number of ether oxygens (including phenoxy) is 1. The molecule has 0 spiro atoms. The molecule has 4 aromatic rings. The van der Waals surface area contributed by atoms with Crippen molar-refractivity contribution >= 4 is 11.6 Å². The number of benzene rings is 4. The molecule has 0 aliphatic carbocycles. The van der Waals surface area contributed by atoms with Gasteiger partial charge in [0.15, 0.2) is 11.6 Å². The Kier molecular flexibility index (Phi) is 7.68. The Morgan fingerprint density at radius 1 is 0.579 bits per heavy atom. The van der Waals surface area contributed by atoms with Crippen LogP contribution in [0.1, 0.15) is 84.5 Å². The second kappa shape index (κ2) is 10.8.